The van der Waals surface area contributed by atoms with Gasteiger partial charge in [-0.3, -0.25) is 14.4 Å². The van der Waals surface area contributed by atoms with E-state index in [1.165, 1.54) is 117 Å². The van der Waals surface area contributed by atoms with Gasteiger partial charge < -0.3 is 9.47 Å². The highest BCUT2D eigenvalue weighted by Crippen LogP contribution is 2.63. The summed E-state index contributed by atoms with van der Waals surface area (Å²) in [4.78, 5) is 58.2. The lowest BCUT2D eigenvalue weighted by Gasteiger charge is -2.38. The predicted octanol–water partition coefficient (Wildman–Crippen LogP) is 32.5. The number of benzene rings is 2. The minimum absolute atomic E-state index is 0.185. The van der Waals surface area contributed by atoms with Crippen molar-refractivity contribution >= 4 is 155 Å². The van der Waals surface area contributed by atoms with Crippen LogP contribution in [0.3, 0.4) is 0 Å². The van der Waals surface area contributed by atoms with E-state index in [2.05, 4.69) is 84.0 Å². The lowest BCUT2D eigenvalue weighted by Crippen LogP contribution is -2.38. The van der Waals surface area contributed by atoms with Gasteiger partial charge in [-0.05, 0) is 148 Å². The van der Waals surface area contributed by atoms with E-state index in [0.717, 1.165) is 223 Å². The zero-order valence-corrected chi connectivity index (χ0v) is 74.4. The number of allylic oxidation sites excluding steroid dienone is 6. The van der Waals surface area contributed by atoms with Crippen LogP contribution >= 0.6 is 114 Å². The molecule has 8 heterocycles. The Morgan fingerprint density at radius 1 is 0.360 bits per heavy atom. The lowest BCUT2D eigenvalue weighted by atomic mass is 9.65. The van der Waals surface area contributed by atoms with Crippen molar-refractivity contribution in [2.75, 3.05) is 0 Å². The molecule has 0 amide bonds. The average molecular weight is 1710 g/mol. The molecule has 0 N–H and O–H groups in total. The van der Waals surface area contributed by atoms with Crippen LogP contribution in [0.25, 0.3) is 72.1 Å². The molecular weight excluding hydrogens is 1610 g/mol. The topological polar surface area (TPSA) is 165 Å². The van der Waals surface area contributed by atoms with Gasteiger partial charge in [0.15, 0.2) is 17.3 Å². The highest BCUT2D eigenvalue weighted by atomic mass is 35.5. The number of hydrogen-bond donors (Lipinski definition) is 0. The quantitative estimate of drug-likeness (QED) is 0.0207. The van der Waals surface area contributed by atoms with Gasteiger partial charge in [-0.1, -0.05) is 254 Å². The molecule has 2 aromatic carbocycles. The van der Waals surface area contributed by atoms with Crippen LogP contribution in [0.4, 0.5) is 0 Å². The van der Waals surface area contributed by atoms with Crippen molar-refractivity contribution in [1.29, 1.82) is 21.0 Å². The Bertz CT molecular complexity index is 5220. The van der Waals surface area contributed by atoms with Gasteiger partial charge in [-0.15, -0.1) is 68.0 Å². The highest BCUT2D eigenvalue weighted by molar-refractivity contribution is 7.31. The third-order valence-corrected chi connectivity index (χ3v) is 32.8. The molecule has 0 saturated heterocycles. The predicted molar refractivity (Wildman–Crippen MR) is 481 cm³/mol. The molecular formula is C95H100Cl4N4O5S6. The van der Waals surface area contributed by atoms with Crippen LogP contribution < -0.4 is 9.47 Å². The summed E-state index contributed by atoms with van der Waals surface area (Å²) in [5.74, 6) is 1.04. The largest absolute Gasteiger partial charge is 0.481 e. The fraction of sp³-hybridized carbons (Fsp3) is 0.463. The minimum Gasteiger partial charge on any atom is -0.481 e. The molecule has 1 unspecified atom stereocenters. The molecule has 0 fully saturated rings. The molecule has 0 spiro atoms. The lowest BCUT2D eigenvalue weighted by molar-refractivity contribution is 0.0397. The third kappa shape index (κ3) is 17.4. The average Bonchev–Trinajstić information content (AvgIpc) is 1.54. The molecule has 0 radical (unpaired) electrons. The number of thiophene rings is 6. The van der Waals surface area contributed by atoms with Gasteiger partial charge in [-0.25, -0.2) is 0 Å². The number of ether oxygens (including phenoxy) is 2. The molecule has 594 valence electrons. The Kier molecular flexibility index (Phi) is 28.7. The molecule has 114 heavy (non-hydrogen) atoms. The number of carbonyl (C=O) groups is 3. The molecule has 1 atom stereocenters. The summed E-state index contributed by atoms with van der Waals surface area (Å²) in [6.07, 6.45) is 41.3. The van der Waals surface area contributed by atoms with Crippen molar-refractivity contribution < 1.29 is 23.9 Å². The zero-order valence-electron chi connectivity index (χ0n) is 66.5. The molecule has 9 nitrogen and oxygen atoms in total. The number of rotatable bonds is 39. The number of Topliss-reactive ketones (excluding diaryl/α,β-unsaturated/α-hetero) is 3. The Balaban J connectivity index is 0.958. The normalized spacial score (nSPS) is 16.5. The number of ketones is 3. The summed E-state index contributed by atoms with van der Waals surface area (Å²) in [5, 5.41) is 42.3. The number of unbranched alkanes of at least 4 members (excludes halogenated alkanes) is 25. The van der Waals surface area contributed by atoms with Crippen LogP contribution in [0.2, 0.25) is 20.1 Å². The van der Waals surface area contributed by atoms with E-state index in [1.54, 1.807) is 63.6 Å². The molecule has 5 aliphatic rings. The zero-order chi connectivity index (χ0) is 80.4. The van der Waals surface area contributed by atoms with Crippen LogP contribution in [0.15, 0.2) is 83.0 Å². The van der Waals surface area contributed by atoms with E-state index in [-0.39, 0.29) is 82.0 Å². The number of fused-ring (bicyclic) bond motifs is 11. The Morgan fingerprint density at radius 3 is 1.11 bits per heavy atom. The first-order valence-electron chi connectivity index (χ1n) is 41.8. The standard InChI is InChI=1S/C95H100Cl4N4O5S6/c1-7-12-17-22-27-32-37-93(6)69-51-79(112-87(69)90-76(107-93)44-60(109-90)42-66-82(58(54-100)55-101)62-46-72(96)74(98)48-64(62)84(66)104)80-52-70-88(113-80)86-68(92(106)94(70,38-33-28-23-18-13-8-2)39-34-29-24-19-14-9-3)50-78(111-86)81-53-71-89(114-81)91-77(108-95(71,40-35-30-25-20-15-10-4)41-36-31-26-21-16-11-5)45-61(110-91)43-67-83(59(56-102)57-103)63-47-73(97)75(99)49-65(63)85(67)105/h42-53H,7-41H2,1-6H3/b66-42-,67-43-. The van der Waals surface area contributed by atoms with Gasteiger partial charge >= 0.3 is 0 Å². The van der Waals surface area contributed by atoms with Gasteiger partial charge in [0, 0.05) is 84.2 Å². The maximum atomic E-state index is 16.8. The Hall–Kier alpha value is -6.67. The summed E-state index contributed by atoms with van der Waals surface area (Å²) in [7, 11) is 0. The van der Waals surface area contributed by atoms with Gasteiger partial charge in [0.2, 0.25) is 0 Å². The smallest absolute Gasteiger partial charge is 0.194 e. The second-order valence-electron chi connectivity index (χ2n) is 31.9. The van der Waals surface area contributed by atoms with Crippen molar-refractivity contribution in [3.63, 3.8) is 0 Å². The molecule has 0 bridgehead atoms. The first-order valence-corrected chi connectivity index (χ1v) is 48.2. The molecule has 2 aliphatic heterocycles. The van der Waals surface area contributed by atoms with Crippen molar-refractivity contribution in [3.8, 4) is 84.5 Å². The summed E-state index contributed by atoms with van der Waals surface area (Å²) >= 11 is 36.5. The van der Waals surface area contributed by atoms with E-state index in [0.29, 0.717) is 11.1 Å². The molecule has 0 saturated carbocycles. The van der Waals surface area contributed by atoms with Crippen LogP contribution in [0.1, 0.15) is 335 Å². The van der Waals surface area contributed by atoms with Gasteiger partial charge in [0.05, 0.1) is 49.9 Å². The SMILES string of the molecule is CCCCCCCCC1(C)Oc2cc(/C=C3\C(=O)c4cc(Cl)c(Cl)cc4C3=C(C#N)C#N)sc2-c2sc(-c3cc4c(s3)-c3sc(-c5cc6c(s5)-c5sc(/C=C7\C(=O)c8cc(Cl)c(Cl)cc8C7=C(C#N)C#N)cc5OC6(CCCCCCCC)CCCCCCCC)cc3C(=O)C4(CCCCCCCC)CCCCCCCC)cc21. The summed E-state index contributed by atoms with van der Waals surface area (Å²) in [6.45, 7) is 13.5. The van der Waals surface area contributed by atoms with E-state index < -0.39 is 16.6 Å². The van der Waals surface area contributed by atoms with Crippen molar-refractivity contribution in [2.45, 2.75) is 283 Å². The number of nitriles is 4. The summed E-state index contributed by atoms with van der Waals surface area (Å²) in [5.41, 5.74) is 4.09. The molecule has 3 aliphatic carbocycles. The van der Waals surface area contributed by atoms with Crippen LogP contribution in [-0.2, 0) is 16.6 Å². The number of hydrogen-bond acceptors (Lipinski definition) is 15. The van der Waals surface area contributed by atoms with E-state index in [9.17, 15) is 30.6 Å². The summed E-state index contributed by atoms with van der Waals surface area (Å²) in [6, 6.07) is 28.0. The molecule has 19 heteroatoms. The first-order chi connectivity index (χ1) is 55.3. The van der Waals surface area contributed by atoms with E-state index in [4.69, 9.17) is 55.9 Å². The van der Waals surface area contributed by atoms with Crippen molar-refractivity contribution in [1.82, 2.24) is 0 Å². The minimum atomic E-state index is -0.752. The molecule has 13 rings (SSSR count). The van der Waals surface area contributed by atoms with Crippen LogP contribution in [0.5, 0.6) is 11.5 Å². The van der Waals surface area contributed by atoms with E-state index >= 15 is 4.79 Å². The number of nitrogens with zero attached hydrogens (tertiary/aromatic N) is 4. The first kappa shape index (κ1) is 85.2. The maximum Gasteiger partial charge on any atom is 0.194 e. The van der Waals surface area contributed by atoms with Crippen LogP contribution in [-0.4, -0.2) is 17.3 Å². The Morgan fingerprint density at radius 2 is 0.693 bits per heavy atom. The fourth-order valence-corrected chi connectivity index (χ4v) is 26.0. The third-order valence-electron chi connectivity index (χ3n) is 23.8. The van der Waals surface area contributed by atoms with Gasteiger partial charge in [0.1, 0.15) is 58.1 Å². The van der Waals surface area contributed by atoms with Crippen molar-refractivity contribution in [2.24, 2.45) is 0 Å². The van der Waals surface area contributed by atoms with Crippen molar-refractivity contribution in [3.05, 3.63) is 157 Å². The summed E-state index contributed by atoms with van der Waals surface area (Å²) < 4.78 is 15.1. The molecule has 8 aromatic rings. The Labute approximate surface area is 718 Å². The second kappa shape index (κ2) is 38.4. The van der Waals surface area contributed by atoms with Gasteiger partial charge in [-0.2, -0.15) is 21.0 Å². The second-order valence-corrected chi connectivity index (χ2v) is 39.9. The highest BCUT2D eigenvalue weighted by Gasteiger charge is 2.50. The van der Waals surface area contributed by atoms with Gasteiger partial charge in [0.25, 0.3) is 0 Å². The monoisotopic (exact) mass is 1710 g/mol. The van der Waals surface area contributed by atoms with Crippen LogP contribution in [0, 0.1) is 45.3 Å². The number of halogens is 4. The molecule has 6 aromatic heterocycles. The number of carbonyl (C=O) groups excluding carboxylic acids is 3. The van der Waals surface area contributed by atoms with E-state index in [1.807, 2.05) is 35.6 Å². The fourth-order valence-electron chi connectivity index (χ4n) is 17.7. The maximum absolute atomic E-state index is 16.8.